The van der Waals surface area contributed by atoms with E-state index in [4.69, 9.17) is 14.0 Å². The number of carbonyl (C=O) groups excluding carboxylic acids is 1. The molecule has 1 aliphatic heterocycles. The number of amides is 2. The van der Waals surface area contributed by atoms with Crippen LogP contribution in [0.3, 0.4) is 0 Å². The Hall–Kier alpha value is -2.58. The van der Waals surface area contributed by atoms with Crippen molar-refractivity contribution in [3.8, 4) is 5.75 Å². The van der Waals surface area contributed by atoms with E-state index in [1.807, 2.05) is 18.2 Å². The highest BCUT2D eigenvalue weighted by Gasteiger charge is 2.31. The number of methoxy groups -OCH3 is 1. The molecule has 3 rings (SSSR count). The number of benzene rings is 1. The first-order chi connectivity index (χ1) is 14.3. The van der Waals surface area contributed by atoms with E-state index in [-0.39, 0.29) is 24.1 Å². The zero-order valence-corrected chi connectivity index (χ0v) is 18.0. The maximum atomic E-state index is 12.3. The number of anilines is 1. The average molecular weight is 418 g/mol. The van der Waals surface area contributed by atoms with Crippen molar-refractivity contribution in [2.45, 2.75) is 63.8 Å². The smallest absolute Gasteiger partial charge is 0.319 e. The van der Waals surface area contributed by atoms with E-state index in [9.17, 15) is 9.90 Å². The predicted molar refractivity (Wildman–Crippen MR) is 113 cm³/mol. The van der Waals surface area contributed by atoms with Crippen LogP contribution in [0.15, 0.2) is 34.9 Å². The van der Waals surface area contributed by atoms with Gasteiger partial charge in [-0.2, -0.15) is 0 Å². The minimum atomic E-state index is -0.629. The predicted octanol–water partition coefficient (Wildman–Crippen LogP) is 3.25. The van der Waals surface area contributed by atoms with Crippen LogP contribution in [0.2, 0.25) is 0 Å². The lowest BCUT2D eigenvalue weighted by atomic mass is 9.92. The Morgan fingerprint density at radius 3 is 2.77 bits per heavy atom. The summed E-state index contributed by atoms with van der Waals surface area (Å²) in [7, 11) is 1.55. The topological polar surface area (TPSA) is 106 Å². The minimum absolute atomic E-state index is 0.0876. The standard InChI is InChI=1S/C22H31N3O5/c1-22(2,3)20-12-14(25-30-20)11-15-9-10-17(26)19(29-15)13-23-21(27)24-16-7-5-6-8-18(16)28-4/h5-8,12,15,17,19,26H,9-11,13H2,1-4H3,(H2,23,24,27)/t15-,17-,19+/m0/s1. The number of hydrogen-bond acceptors (Lipinski definition) is 6. The van der Waals surface area contributed by atoms with E-state index in [1.165, 1.54) is 0 Å². The molecule has 0 radical (unpaired) electrons. The Balaban J connectivity index is 1.52. The number of nitrogens with one attached hydrogen (secondary N) is 2. The Morgan fingerprint density at radius 1 is 1.30 bits per heavy atom. The maximum absolute atomic E-state index is 12.3. The number of ether oxygens (including phenoxy) is 2. The molecule has 164 valence electrons. The highest BCUT2D eigenvalue weighted by Crippen LogP contribution is 2.26. The van der Waals surface area contributed by atoms with Crippen LogP contribution in [-0.4, -0.2) is 48.3 Å². The van der Waals surface area contributed by atoms with E-state index in [0.717, 1.165) is 17.9 Å². The van der Waals surface area contributed by atoms with Crippen LogP contribution < -0.4 is 15.4 Å². The largest absolute Gasteiger partial charge is 0.495 e. The third-order valence-electron chi connectivity index (χ3n) is 5.13. The maximum Gasteiger partial charge on any atom is 0.319 e. The number of nitrogens with zero attached hydrogens (tertiary/aromatic N) is 1. The van der Waals surface area contributed by atoms with Crippen molar-refractivity contribution in [2.75, 3.05) is 19.0 Å². The van der Waals surface area contributed by atoms with E-state index < -0.39 is 12.2 Å². The molecule has 2 heterocycles. The number of para-hydroxylation sites is 2. The molecule has 0 spiro atoms. The first kappa shape index (κ1) is 22.1. The number of urea groups is 1. The monoisotopic (exact) mass is 417 g/mol. The molecule has 8 nitrogen and oxygen atoms in total. The molecule has 0 aliphatic carbocycles. The number of carbonyl (C=O) groups is 1. The van der Waals surface area contributed by atoms with E-state index in [2.05, 4.69) is 36.6 Å². The second-order valence-corrected chi connectivity index (χ2v) is 8.61. The molecule has 3 atom stereocenters. The van der Waals surface area contributed by atoms with E-state index >= 15 is 0 Å². The number of aliphatic hydroxyl groups is 1. The molecule has 2 amide bonds. The summed E-state index contributed by atoms with van der Waals surface area (Å²) in [5, 5.41) is 20.0. The lowest BCUT2D eigenvalue weighted by Gasteiger charge is -2.33. The fourth-order valence-corrected chi connectivity index (χ4v) is 3.39. The van der Waals surface area contributed by atoms with Gasteiger partial charge < -0.3 is 29.7 Å². The average Bonchev–Trinajstić information content (AvgIpc) is 3.18. The molecular formula is C22H31N3O5. The van der Waals surface area contributed by atoms with E-state index in [1.54, 1.807) is 19.2 Å². The second kappa shape index (κ2) is 9.49. The van der Waals surface area contributed by atoms with Gasteiger partial charge in [-0.25, -0.2) is 4.79 Å². The van der Waals surface area contributed by atoms with Crippen LogP contribution in [0.1, 0.15) is 45.1 Å². The van der Waals surface area contributed by atoms with Crippen molar-refractivity contribution in [3.63, 3.8) is 0 Å². The Bertz CT molecular complexity index is 845. The quantitative estimate of drug-likeness (QED) is 0.666. The molecule has 1 aromatic carbocycles. The molecule has 8 heteroatoms. The number of rotatable bonds is 6. The van der Waals surface area contributed by atoms with Crippen molar-refractivity contribution in [1.29, 1.82) is 0 Å². The Labute approximate surface area is 176 Å². The lowest BCUT2D eigenvalue weighted by Crippen LogP contribution is -2.47. The molecule has 1 fully saturated rings. The Morgan fingerprint density at radius 2 is 2.07 bits per heavy atom. The number of hydrogen-bond donors (Lipinski definition) is 3. The van der Waals surface area contributed by atoms with Gasteiger partial charge in [0, 0.05) is 24.4 Å². The van der Waals surface area contributed by atoms with Gasteiger partial charge in [-0.3, -0.25) is 0 Å². The zero-order valence-electron chi connectivity index (χ0n) is 18.0. The molecule has 2 aromatic rings. The molecule has 1 aliphatic rings. The van der Waals surface area contributed by atoms with Crippen LogP contribution in [0, 0.1) is 0 Å². The van der Waals surface area contributed by atoms with E-state index in [0.29, 0.717) is 24.3 Å². The molecule has 1 saturated heterocycles. The SMILES string of the molecule is COc1ccccc1NC(=O)NC[C@H]1O[C@H](Cc2cc(C(C)(C)C)on2)CC[C@@H]1O. The summed E-state index contributed by atoms with van der Waals surface area (Å²) >= 11 is 0. The fourth-order valence-electron chi connectivity index (χ4n) is 3.39. The summed E-state index contributed by atoms with van der Waals surface area (Å²) in [5.74, 6) is 1.41. The second-order valence-electron chi connectivity index (χ2n) is 8.61. The summed E-state index contributed by atoms with van der Waals surface area (Å²) in [4.78, 5) is 12.3. The third kappa shape index (κ3) is 5.73. The van der Waals surface area contributed by atoms with Gasteiger partial charge in [-0.15, -0.1) is 0 Å². The number of aliphatic hydroxyl groups excluding tert-OH is 1. The zero-order chi connectivity index (χ0) is 21.7. The number of aromatic nitrogens is 1. The van der Waals surface area contributed by atoms with Crippen LogP contribution in [0.25, 0.3) is 0 Å². The van der Waals surface area contributed by atoms with Crippen LogP contribution in [0.4, 0.5) is 10.5 Å². The van der Waals surface area contributed by atoms with Crippen molar-refractivity contribution < 1.29 is 23.9 Å². The lowest BCUT2D eigenvalue weighted by molar-refractivity contribution is -0.113. The molecule has 30 heavy (non-hydrogen) atoms. The molecule has 1 aromatic heterocycles. The first-order valence-electron chi connectivity index (χ1n) is 10.2. The Kier molecular flexibility index (Phi) is 6.99. The normalized spacial score (nSPS) is 21.8. The highest BCUT2D eigenvalue weighted by molar-refractivity contribution is 5.90. The molecule has 0 saturated carbocycles. The first-order valence-corrected chi connectivity index (χ1v) is 10.2. The summed E-state index contributed by atoms with van der Waals surface area (Å²) in [6, 6.07) is 8.73. The van der Waals surface area contributed by atoms with Crippen LogP contribution in [0.5, 0.6) is 5.75 Å². The van der Waals surface area contributed by atoms with Gasteiger partial charge in [0.2, 0.25) is 0 Å². The van der Waals surface area contributed by atoms with Gasteiger partial charge in [0.05, 0.1) is 30.7 Å². The van der Waals surface area contributed by atoms with Crippen LogP contribution >= 0.6 is 0 Å². The summed E-state index contributed by atoms with van der Waals surface area (Å²) in [5.41, 5.74) is 1.30. The van der Waals surface area contributed by atoms with Crippen molar-refractivity contribution >= 4 is 11.7 Å². The summed E-state index contributed by atoms with van der Waals surface area (Å²) < 4.78 is 16.7. The van der Waals surface area contributed by atoms with Gasteiger partial charge in [-0.1, -0.05) is 38.1 Å². The van der Waals surface area contributed by atoms with Gasteiger partial charge in [-0.05, 0) is 25.0 Å². The fraction of sp³-hybridized carbons (Fsp3) is 0.545. The molecule has 0 unspecified atom stereocenters. The van der Waals surface area contributed by atoms with Crippen LogP contribution in [-0.2, 0) is 16.6 Å². The summed E-state index contributed by atoms with van der Waals surface area (Å²) in [6.07, 6.45) is 0.737. The molecule has 0 bridgehead atoms. The van der Waals surface area contributed by atoms with Crippen molar-refractivity contribution in [3.05, 3.63) is 41.8 Å². The molecule has 3 N–H and O–H groups in total. The van der Waals surface area contributed by atoms with Crippen molar-refractivity contribution in [1.82, 2.24) is 10.5 Å². The third-order valence-corrected chi connectivity index (χ3v) is 5.13. The van der Waals surface area contributed by atoms with Crippen molar-refractivity contribution in [2.24, 2.45) is 0 Å². The minimum Gasteiger partial charge on any atom is -0.495 e. The van der Waals surface area contributed by atoms with Gasteiger partial charge >= 0.3 is 6.03 Å². The van der Waals surface area contributed by atoms with Gasteiger partial charge in [0.1, 0.15) is 17.6 Å². The summed E-state index contributed by atoms with van der Waals surface area (Å²) in [6.45, 7) is 6.42. The highest BCUT2D eigenvalue weighted by atomic mass is 16.5. The van der Waals surface area contributed by atoms with Gasteiger partial charge in [0.15, 0.2) is 0 Å². The van der Waals surface area contributed by atoms with Gasteiger partial charge in [0.25, 0.3) is 0 Å². The molecular weight excluding hydrogens is 386 g/mol.